The molecule has 3 aromatic heterocycles. The minimum atomic E-state index is -0.383. The van der Waals surface area contributed by atoms with Gasteiger partial charge in [0.15, 0.2) is 0 Å². The van der Waals surface area contributed by atoms with Crippen LogP contribution in [0.25, 0.3) is 72.9 Å². The molecule has 2 aliphatic rings. The molecule has 11 rings (SSSR count). The van der Waals surface area contributed by atoms with E-state index in [1.165, 1.54) is 44.5 Å². The number of imidazole rings is 1. The molecule has 0 aliphatic heterocycles. The molecule has 0 saturated carbocycles. The topological polar surface area (TPSA) is 30.2 Å². The van der Waals surface area contributed by atoms with Gasteiger partial charge in [0.2, 0.25) is 0 Å². The van der Waals surface area contributed by atoms with Crippen LogP contribution < -0.4 is 0 Å². The highest BCUT2D eigenvalue weighted by molar-refractivity contribution is 5.96. The minimum absolute atomic E-state index is 0.383. The molecular weight excluding hydrogens is 631 g/mol. The van der Waals surface area contributed by atoms with E-state index in [0.29, 0.717) is 0 Å². The lowest BCUT2D eigenvalue weighted by atomic mass is 9.70. The first-order valence-electron chi connectivity index (χ1n) is 17.8. The van der Waals surface area contributed by atoms with Crippen LogP contribution in [0.15, 0.2) is 188 Å². The Bertz CT molecular complexity index is 2800. The van der Waals surface area contributed by atoms with Crippen LogP contribution in [0.2, 0.25) is 0 Å². The summed E-state index contributed by atoms with van der Waals surface area (Å²) in [5.41, 5.74) is 19.4. The second-order valence-electron chi connectivity index (χ2n) is 13.7. The van der Waals surface area contributed by atoms with Crippen LogP contribution in [-0.4, -0.2) is 14.4 Å². The average Bonchev–Trinajstić information content (AvgIpc) is 3.86. The molecule has 0 N–H and O–H groups in total. The summed E-state index contributed by atoms with van der Waals surface area (Å²) in [5, 5.41) is 0. The Morgan fingerprint density at radius 2 is 0.904 bits per heavy atom. The van der Waals surface area contributed by atoms with Gasteiger partial charge in [-0.3, -0.25) is 4.40 Å². The highest BCUT2D eigenvalue weighted by Gasteiger charge is 2.51. The van der Waals surface area contributed by atoms with Gasteiger partial charge in [0.05, 0.1) is 28.2 Å². The molecule has 0 unspecified atom stereocenters. The maximum Gasteiger partial charge on any atom is 0.137 e. The molecule has 0 atom stereocenters. The molecule has 9 aromatic rings. The highest BCUT2D eigenvalue weighted by Crippen LogP contribution is 2.63. The van der Waals surface area contributed by atoms with Crippen molar-refractivity contribution in [3.8, 4) is 67.3 Å². The van der Waals surface area contributed by atoms with Crippen molar-refractivity contribution in [2.75, 3.05) is 0 Å². The number of fused-ring (bicyclic) bond motifs is 11. The van der Waals surface area contributed by atoms with Crippen molar-refractivity contribution >= 4 is 5.65 Å². The van der Waals surface area contributed by atoms with Gasteiger partial charge in [-0.2, -0.15) is 0 Å². The van der Waals surface area contributed by atoms with E-state index in [-0.39, 0.29) is 5.41 Å². The molecular formula is C49H31N3. The largest absolute Gasteiger partial charge is 0.299 e. The van der Waals surface area contributed by atoms with Crippen LogP contribution in [0.3, 0.4) is 0 Å². The number of hydrogen-bond acceptors (Lipinski definition) is 2. The molecule has 3 heterocycles. The van der Waals surface area contributed by atoms with Gasteiger partial charge < -0.3 is 0 Å². The Balaban J connectivity index is 1.05. The molecule has 0 amide bonds. The Hall–Kier alpha value is -6.84. The zero-order valence-electron chi connectivity index (χ0n) is 28.2. The lowest BCUT2D eigenvalue weighted by Gasteiger charge is -2.30. The van der Waals surface area contributed by atoms with Gasteiger partial charge in [-0.05, 0) is 80.9 Å². The minimum Gasteiger partial charge on any atom is -0.299 e. The van der Waals surface area contributed by atoms with E-state index >= 15 is 0 Å². The summed E-state index contributed by atoms with van der Waals surface area (Å²) in [7, 11) is 0. The van der Waals surface area contributed by atoms with Crippen molar-refractivity contribution in [3.63, 3.8) is 0 Å². The van der Waals surface area contributed by atoms with Gasteiger partial charge in [-0.1, -0.05) is 146 Å². The van der Waals surface area contributed by atoms with Gasteiger partial charge in [0, 0.05) is 28.5 Å². The number of pyridine rings is 2. The third kappa shape index (κ3) is 4.02. The summed E-state index contributed by atoms with van der Waals surface area (Å²) in [6.45, 7) is 0. The van der Waals surface area contributed by atoms with Crippen molar-refractivity contribution in [2.24, 2.45) is 0 Å². The van der Waals surface area contributed by atoms with Gasteiger partial charge in [0.25, 0.3) is 0 Å². The molecule has 0 fully saturated rings. The Kier molecular flexibility index (Phi) is 6.17. The molecule has 0 radical (unpaired) electrons. The number of benzene rings is 6. The van der Waals surface area contributed by atoms with Crippen molar-refractivity contribution in [1.82, 2.24) is 14.4 Å². The molecule has 0 saturated heterocycles. The normalized spacial score (nSPS) is 13.2. The van der Waals surface area contributed by atoms with E-state index in [1.807, 2.05) is 6.07 Å². The van der Waals surface area contributed by atoms with Crippen molar-refractivity contribution < 1.29 is 0 Å². The highest BCUT2D eigenvalue weighted by atomic mass is 15.0. The monoisotopic (exact) mass is 661 g/mol. The SMILES string of the molecule is c1ccc(-c2c(-c3cccc(-c4cccc(-c5ccc6c(c5)C5(c7ccccc7-c7ccccc75)c5ccccc5-6)n4)c3)nc3ccccn23)cc1. The number of rotatable bonds is 4. The van der Waals surface area contributed by atoms with E-state index in [4.69, 9.17) is 9.97 Å². The predicted molar refractivity (Wildman–Crippen MR) is 211 cm³/mol. The molecule has 52 heavy (non-hydrogen) atoms. The fourth-order valence-corrected chi connectivity index (χ4v) is 8.91. The molecule has 3 nitrogen and oxygen atoms in total. The van der Waals surface area contributed by atoms with Crippen LogP contribution in [0.4, 0.5) is 0 Å². The third-order valence-electron chi connectivity index (χ3n) is 11.1. The molecule has 1 spiro atoms. The maximum atomic E-state index is 5.32. The summed E-state index contributed by atoms with van der Waals surface area (Å²) in [6.07, 6.45) is 2.09. The van der Waals surface area contributed by atoms with Crippen molar-refractivity contribution in [2.45, 2.75) is 5.41 Å². The van der Waals surface area contributed by atoms with Gasteiger partial charge >= 0.3 is 0 Å². The molecule has 3 heteroatoms. The first kappa shape index (κ1) is 28.9. The van der Waals surface area contributed by atoms with E-state index in [1.54, 1.807) is 0 Å². The first-order valence-corrected chi connectivity index (χ1v) is 17.8. The van der Waals surface area contributed by atoms with E-state index in [9.17, 15) is 0 Å². The molecule has 6 aromatic carbocycles. The van der Waals surface area contributed by atoms with Crippen LogP contribution in [0.1, 0.15) is 22.3 Å². The van der Waals surface area contributed by atoms with Gasteiger partial charge in [0.1, 0.15) is 5.65 Å². The summed E-state index contributed by atoms with van der Waals surface area (Å²) in [4.78, 5) is 10.4. The molecule has 0 bridgehead atoms. The fourth-order valence-electron chi connectivity index (χ4n) is 8.91. The first-order chi connectivity index (χ1) is 25.8. The summed E-state index contributed by atoms with van der Waals surface area (Å²) in [6, 6.07) is 65.5. The third-order valence-corrected chi connectivity index (χ3v) is 11.1. The zero-order valence-corrected chi connectivity index (χ0v) is 28.2. The zero-order chi connectivity index (χ0) is 34.2. The van der Waals surface area contributed by atoms with Crippen LogP contribution in [0, 0.1) is 0 Å². The maximum absolute atomic E-state index is 5.32. The van der Waals surface area contributed by atoms with Gasteiger partial charge in [-0.25, -0.2) is 9.97 Å². The number of hydrogen-bond donors (Lipinski definition) is 0. The Morgan fingerprint density at radius 3 is 1.60 bits per heavy atom. The lowest BCUT2D eigenvalue weighted by Crippen LogP contribution is -2.25. The fraction of sp³-hybridized carbons (Fsp3) is 0.0204. The van der Waals surface area contributed by atoms with E-state index in [2.05, 4.69) is 187 Å². The van der Waals surface area contributed by atoms with Crippen molar-refractivity contribution in [3.05, 3.63) is 210 Å². The van der Waals surface area contributed by atoms with E-state index < -0.39 is 0 Å². The summed E-state index contributed by atoms with van der Waals surface area (Å²) >= 11 is 0. The van der Waals surface area contributed by atoms with Crippen LogP contribution >= 0.6 is 0 Å². The second kappa shape index (κ2) is 11.1. The van der Waals surface area contributed by atoms with Gasteiger partial charge in [-0.15, -0.1) is 0 Å². The second-order valence-corrected chi connectivity index (χ2v) is 13.7. The molecule has 242 valence electrons. The smallest absolute Gasteiger partial charge is 0.137 e. The Morgan fingerprint density at radius 1 is 0.365 bits per heavy atom. The quantitative estimate of drug-likeness (QED) is 0.188. The summed E-state index contributed by atoms with van der Waals surface area (Å²) in [5.74, 6) is 0. The van der Waals surface area contributed by atoms with Crippen molar-refractivity contribution in [1.29, 1.82) is 0 Å². The summed E-state index contributed by atoms with van der Waals surface area (Å²) < 4.78 is 2.18. The predicted octanol–water partition coefficient (Wildman–Crippen LogP) is 11.7. The Labute approximate surface area is 302 Å². The standard InChI is InChI=1S/C49H31N3/c1-2-14-32(15-3-1)48-47(51-46-26-10-11-29-52(46)48)35-17-12-16-33(30-35)44-24-13-25-45(50-44)34-27-28-39-38-20-6-9-23-42(38)49(43(39)31-34)40-21-7-4-18-36(40)37-19-5-8-22-41(37)49/h1-31H. The average molecular weight is 662 g/mol. The number of nitrogens with zero attached hydrogens (tertiary/aromatic N) is 3. The van der Waals surface area contributed by atoms with E-state index in [0.717, 1.165) is 50.7 Å². The number of aromatic nitrogens is 3. The molecule has 2 aliphatic carbocycles. The van der Waals surface area contributed by atoms with Crippen LogP contribution in [0.5, 0.6) is 0 Å². The lowest BCUT2D eigenvalue weighted by molar-refractivity contribution is 0.794. The van der Waals surface area contributed by atoms with Crippen LogP contribution in [-0.2, 0) is 5.41 Å².